The Hall–Kier alpha value is -0.570. The van der Waals surface area contributed by atoms with Crippen molar-refractivity contribution < 1.29 is 9.90 Å². The Balaban J connectivity index is 2.48. The molecule has 0 spiro atoms. The minimum Gasteiger partial charge on any atom is -0.395 e. The quantitative estimate of drug-likeness (QED) is 0.690. The second kappa shape index (κ2) is 6.89. The molecule has 0 aromatic heterocycles. The van der Waals surface area contributed by atoms with Crippen LogP contribution >= 0.6 is 0 Å². The van der Waals surface area contributed by atoms with E-state index in [9.17, 15) is 4.79 Å². The fraction of sp³-hybridized carbons (Fsp3) is 0.923. The molecule has 1 atom stereocenters. The molecule has 94 valence electrons. The molecule has 1 saturated carbocycles. The third-order valence-corrected chi connectivity index (χ3v) is 3.36. The molecule has 1 N–H and O–H groups in total. The molecule has 0 aromatic carbocycles. The molecular formula is C13H25NO2. The van der Waals surface area contributed by atoms with E-state index in [1.807, 2.05) is 4.90 Å². The Morgan fingerprint density at radius 3 is 2.56 bits per heavy atom. The van der Waals surface area contributed by atoms with Crippen molar-refractivity contribution >= 4 is 5.91 Å². The molecule has 1 fully saturated rings. The topological polar surface area (TPSA) is 40.5 Å². The standard InChI is InChI=1S/C13H25NO2/c1-3-5-6-11(4-2)13(16)14(9-10-15)12-7-8-12/h11-12,15H,3-10H2,1-2H3. The lowest BCUT2D eigenvalue weighted by atomic mass is 9.97. The van der Waals surface area contributed by atoms with Crippen molar-refractivity contribution in [3.8, 4) is 0 Å². The lowest BCUT2D eigenvalue weighted by Crippen LogP contribution is -2.39. The summed E-state index contributed by atoms with van der Waals surface area (Å²) in [7, 11) is 0. The zero-order valence-electron chi connectivity index (χ0n) is 10.6. The van der Waals surface area contributed by atoms with Crippen molar-refractivity contribution in [1.29, 1.82) is 0 Å². The van der Waals surface area contributed by atoms with E-state index in [4.69, 9.17) is 5.11 Å². The molecule has 0 radical (unpaired) electrons. The first-order chi connectivity index (χ1) is 7.74. The number of carbonyl (C=O) groups is 1. The molecule has 1 aliphatic rings. The highest BCUT2D eigenvalue weighted by molar-refractivity contribution is 5.79. The number of aliphatic hydroxyl groups is 1. The Labute approximate surface area is 98.8 Å². The van der Waals surface area contributed by atoms with Crippen LogP contribution in [0.3, 0.4) is 0 Å². The van der Waals surface area contributed by atoms with Crippen LogP contribution in [0.1, 0.15) is 52.4 Å². The van der Waals surface area contributed by atoms with Gasteiger partial charge in [0, 0.05) is 18.5 Å². The van der Waals surface area contributed by atoms with Gasteiger partial charge in [0.2, 0.25) is 5.91 Å². The van der Waals surface area contributed by atoms with E-state index in [2.05, 4.69) is 13.8 Å². The Kier molecular flexibility index (Phi) is 5.81. The summed E-state index contributed by atoms with van der Waals surface area (Å²) in [5, 5.41) is 9.00. The molecular weight excluding hydrogens is 202 g/mol. The zero-order valence-corrected chi connectivity index (χ0v) is 10.6. The number of carbonyl (C=O) groups excluding carboxylic acids is 1. The second-order valence-corrected chi connectivity index (χ2v) is 4.73. The summed E-state index contributed by atoms with van der Waals surface area (Å²) >= 11 is 0. The van der Waals surface area contributed by atoms with E-state index < -0.39 is 0 Å². The minimum atomic E-state index is 0.0897. The van der Waals surface area contributed by atoms with Gasteiger partial charge in [0.25, 0.3) is 0 Å². The van der Waals surface area contributed by atoms with Gasteiger partial charge in [-0.2, -0.15) is 0 Å². The van der Waals surface area contributed by atoms with Crippen LogP contribution in [-0.2, 0) is 4.79 Å². The number of amides is 1. The van der Waals surface area contributed by atoms with Crippen LogP contribution in [0.15, 0.2) is 0 Å². The molecule has 0 aliphatic heterocycles. The molecule has 0 aromatic rings. The highest BCUT2D eigenvalue weighted by atomic mass is 16.3. The summed E-state index contributed by atoms with van der Waals surface area (Å²) in [4.78, 5) is 14.2. The van der Waals surface area contributed by atoms with Gasteiger partial charge in [-0.1, -0.05) is 26.7 Å². The number of unbranched alkanes of at least 4 members (excludes halogenated alkanes) is 1. The third-order valence-electron chi connectivity index (χ3n) is 3.36. The molecule has 0 heterocycles. The number of nitrogens with zero attached hydrogens (tertiary/aromatic N) is 1. The maximum Gasteiger partial charge on any atom is 0.225 e. The fourth-order valence-corrected chi connectivity index (χ4v) is 2.15. The lowest BCUT2D eigenvalue weighted by Gasteiger charge is -2.26. The monoisotopic (exact) mass is 227 g/mol. The fourth-order valence-electron chi connectivity index (χ4n) is 2.15. The molecule has 1 unspecified atom stereocenters. The van der Waals surface area contributed by atoms with Gasteiger partial charge in [0.1, 0.15) is 0 Å². The first-order valence-corrected chi connectivity index (χ1v) is 6.65. The molecule has 3 heteroatoms. The highest BCUT2D eigenvalue weighted by Gasteiger charge is 2.34. The predicted octanol–water partition coefficient (Wildman–Crippen LogP) is 2.19. The largest absolute Gasteiger partial charge is 0.395 e. The summed E-state index contributed by atoms with van der Waals surface area (Å²) in [6.45, 7) is 4.85. The van der Waals surface area contributed by atoms with Gasteiger partial charge in [-0.15, -0.1) is 0 Å². The summed E-state index contributed by atoms with van der Waals surface area (Å²) in [6.07, 6.45) is 6.44. The molecule has 1 amide bonds. The molecule has 0 saturated heterocycles. The molecule has 16 heavy (non-hydrogen) atoms. The van der Waals surface area contributed by atoms with Gasteiger partial charge < -0.3 is 10.0 Å². The van der Waals surface area contributed by atoms with Crippen LogP contribution in [-0.4, -0.2) is 35.1 Å². The van der Waals surface area contributed by atoms with Crippen molar-refractivity contribution in [2.24, 2.45) is 5.92 Å². The molecule has 0 bridgehead atoms. The molecule has 1 aliphatic carbocycles. The van der Waals surface area contributed by atoms with Crippen LogP contribution < -0.4 is 0 Å². The van der Waals surface area contributed by atoms with E-state index >= 15 is 0 Å². The molecule has 3 nitrogen and oxygen atoms in total. The third kappa shape index (κ3) is 3.78. The summed E-state index contributed by atoms with van der Waals surface area (Å²) < 4.78 is 0. The van der Waals surface area contributed by atoms with Crippen LogP contribution in [0.25, 0.3) is 0 Å². The average Bonchev–Trinajstić information content (AvgIpc) is 3.10. The SMILES string of the molecule is CCCCC(CC)C(=O)N(CCO)C1CC1. The minimum absolute atomic E-state index is 0.0897. The summed E-state index contributed by atoms with van der Waals surface area (Å²) in [5.74, 6) is 0.444. The number of rotatable bonds is 8. The van der Waals surface area contributed by atoms with Gasteiger partial charge in [0.05, 0.1) is 6.61 Å². The van der Waals surface area contributed by atoms with Gasteiger partial charge in [0.15, 0.2) is 0 Å². The summed E-state index contributed by atoms with van der Waals surface area (Å²) in [6, 6.07) is 0.426. The average molecular weight is 227 g/mol. The van der Waals surface area contributed by atoms with Gasteiger partial charge in [-0.3, -0.25) is 4.79 Å². The van der Waals surface area contributed by atoms with E-state index in [0.717, 1.165) is 38.5 Å². The van der Waals surface area contributed by atoms with E-state index in [1.54, 1.807) is 0 Å². The normalized spacial score (nSPS) is 17.2. The van der Waals surface area contributed by atoms with Crippen molar-refractivity contribution in [3.63, 3.8) is 0 Å². The Morgan fingerprint density at radius 1 is 1.44 bits per heavy atom. The van der Waals surface area contributed by atoms with Crippen LogP contribution in [0.2, 0.25) is 0 Å². The number of hydrogen-bond acceptors (Lipinski definition) is 2. The molecule has 1 rings (SSSR count). The smallest absolute Gasteiger partial charge is 0.225 e. The Bertz CT molecular complexity index is 214. The van der Waals surface area contributed by atoms with Crippen molar-refractivity contribution in [1.82, 2.24) is 4.90 Å². The van der Waals surface area contributed by atoms with Gasteiger partial charge in [-0.05, 0) is 25.7 Å². The van der Waals surface area contributed by atoms with Crippen molar-refractivity contribution in [3.05, 3.63) is 0 Å². The van der Waals surface area contributed by atoms with Gasteiger partial charge >= 0.3 is 0 Å². The van der Waals surface area contributed by atoms with E-state index in [1.165, 1.54) is 0 Å². The van der Waals surface area contributed by atoms with Crippen molar-refractivity contribution in [2.45, 2.75) is 58.4 Å². The summed E-state index contributed by atoms with van der Waals surface area (Å²) in [5.41, 5.74) is 0. The lowest BCUT2D eigenvalue weighted by molar-refractivity contribution is -0.137. The number of aliphatic hydroxyl groups excluding tert-OH is 1. The Morgan fingerprint density at radius 2 is 2.12 bits per heavy atom. The van der Waals surface area contributed by atoms with Crippen molar-refractivity contribution in [2.75, 3.05) is 13.2 Å². The first-order valence-electron chi connectivity index (χ1n) is 6.65. The number of hydrogen-bond donors (Lipinski definition) is 1. The maximum absolute atomic E-state index is 12.3. The van der Waals surface area contributed by atoms with Crippen LogP contribution in [0, 0.1) is 5.92 Å². The van der Waals surface area contributed by atoms with Crippen LogP contribution in [0.4, 0.5) is 0 Å². The first kappa shape index (κ1) is 13.5. The van der Waals surface area contributed by atoms with Gasteiger partial charge in [-0.25, -0.2) is 0 Å². The maximum atomic E-state index is 12.3. The zero-order chi connectivity index (χ0) is 12.0. The second-order valence-electron chi connectivity index (χ2n) is 4.73. The predicted molar refractivity (Wildman–Crippen MR) is 65.1 cm³/mol. The van der Waals surface area contributed by atoms with E-state index in [-0.39, 0.29) is 18.4 Å². The van der Waals surface area contributed by atoms with Crippen LogP contribution in [0.5, 0.6) is 0 Å². The highest BCUT2D eigenvalue weighted by Crippen LogP contribution is 2.29. The van der Waals surface area contributed by atoms with E-state index in [0.29, 0.717) is 12.6 Å².